The van der Waals surface area contributed by atoms with Gasteiger partial charge in [0.05, 0.1) is 44.1 Å². The number of aryl methyl sites for hydroxylation is 1. The standard InChI is InChI=1S/C20H26FN3OS/c1-15-18-16(21)5-4-6-17(18)26-19(15)20(25)24-13-11-23(12-14-24)10-9-22-7-2-3-8-22/h4-6H,2-3,7-14H2,1H3/p+2. The molecule has 2 fully saturated rings. The highest BCUT2D eigenvalue weighted by atomic mass is 32.1. The number of hydrogen-bond acceptors (Lipinski definition) is 2. The van der Waals surface area contributed by atoms with Crippen LogP contribution in [0.2, 0.25) is 0 Å². The van der Waals surface area contributed by atoms with Gasteiger partial charge in [0.1, 0.15) is 18.9 Å². The highest BCUT2D eigenvalue weighted by Crippen LogP contribution is 2.33. The third kappa shape index (κ3) is 3.50. The maximum absolute atomic E-state index is 14.1. The molecule has 6 heteroatoms. The molecule has 1 aromatic heterocycles. The van der Waals surface area contributed by atoms with Crippen molar-refractivity contribution in [1.82, 2.24) is 4.90 Å². The molecule has 26 heavy (non-hydrogen) atoms. The van der Waals surface area contributed by atoms with Crippen molar-refractivity contribution in [3.05, 3.63) is 34.5 Å². The molecule has 140 valence electrons. The molecular weight excluding hydrogens is 349 g/mol. The van der Waals surface area contributed by atoms with Crippen LogP contribution >= 0.6 is 11.3 Å². The van der Waals surface area contributed by atoms with Crippen molar-refractivity contribution in [2.75, 3.05) is 52.4 Å². The predicted molar refractivity (Wildman–Crippen MR) is 103 cm³/mol. The Hall–Kier alpha value is -1.50. The lowest BCUT2D eigenvalue weighted by atomic mass is 10.1. The second-order valence-corrected chi connectivity index (χ2v) is 8.72. The smallest absolute Gasteiger partial charge is 0.264 e. The summed E-state index contributed by atoms with van der Waals surface area (Å²) in [6.07, 6.45) is 2.75. The molecule has 2 N–H and O–H groups in total. The molecule has 3 heterocycles. The van der Waals surface area contributed by atoms with Crippen LogP contribution in [0.15, 0.2) is 18.2 Å². The molecule has 0 radical (unpaired) electrons. The number of quaternary nitrogens is 2. The van der Waals surface area contributed by atoms with Gasteiger partial charge < -0.3 is 14.7 Å². The predicted octanol–water partition coefficient (Wildman–Crippen LogP) is 0.368. The highest BCUT2D eigenvalue weighted by Gasteiger charge is 2.28. The molecule has 4 nitrogen and oxygen atoms in total. The Morgan fingerprint density at radius 1 is 1.12 bits per heavy atom. The van der Waals surface area contributed by atoms with Crippen molar-refractivity contribution >= 4 is 27.3 Å². The number of nitrogens with one attached hydrogen (secondary N) is 2. The van der Waals surface area contributed by atoms with Crippen LogP contribution in [0.3, 0.4) is 0 Å². The van der Waals surface area contributed by atoms with Crippen LogP contribution < -0.4 is 9.80 Å². The summed E-state index contributed by atoms with van der Waals surface area (Å²) in [4.78, 5) is 19.0. The monoisotopic (exact) mass is 377 g/mol. The van der Waals surface area contributed by atoms with E-state index in [9.17, 15) is 9.18 Å². The summed E-state index contributed by atoms with van der Waals surface area (Å²) in [7, 11) is 0. The van der Waals surface area contributed by atoms with Gasteiger partial charge in [-0.05, 0) is 24.6 Å². The molecule has 0 atom stereocenters. The number of amides is 1. The Labute approximate surface area is 158 Å². The number of carbonyl (C=O) groups is 1. The number of nitrogens with zero attached hydrogens (tertiary/aromatic N) is 1. The number of rotatable bonds is 4. The number of fused-ring (bicyclic) bond motifs is 1. The number of halogens is 1. The zero-order valence-electron chi connectivity index (χ0n) is 15.4. The van der Waals surface area contributed by atoms with Crippen LogP contribution in [-0.4, -0.2) is 63.2 Å². The second-order valence-electron chi connectivity index (χ2n) is 7.67. The third-order valence-corrected chi connectivity index (χ3v) is 7.24. The second kappa shape index (κ2) is 7.62. The third-order valence-electron chi connectivity index (χ3n) is 6.00. The number of piperazine rings is 1. The average Bonchev–Trinajstić information content (AvgIpc) is 3.28. The summed E-state index contributed by atoms with van der Waals surface area (Å²) >= 11 is 1.43. The summed E-state index contributed by atoms with van der Waals surface area (Å²) in [6, 6.07) is 5.09. The fourth-order valence-electron chi connectivity index (χ4n) is 4.36. The first-order chi connectivity index (χ1) is 12.6. The van der Waals surface area contributed by atoms with Gasteiger partial charge in [-0.1, -0.05) is 6.07 Å². The summed E-state index contributed by atoms with van der Waals surface area (Å²) in [5.41, 5.74) is 0.792. The van der Waals surface area contributed by atoms with Crippen LogP contribution in [0, 0.1) is 12.7 Å². The van der Waals surface area contributed by atoms with Crippen molar-refractivity contribution in [3.63, 3.8) is 0 Å². The van der Waals surface area contributed by atoms with Crippen molar-refractivity contribution in [2.24, 2.45) is 0 Å². The Kier molecular flexibility index (Phi) is 5.25. The van der Waals surface area contributed by atoms with Crippen LogP contribution in [-0.2, 0) is 0 Å². The Morgan fingerprint density at radius 3 is 2.42 bits per heavy atom. The lowest BCUT2D eigenvalue weighted by molar-refractivity contribution is -0.954. The molecule has 2 aromatic rings. The SMILES string of the molecule is Cc1c(C(=O)N2CC[NH+](CC[NH+]3CCCC3)CC2)sc2cccc(F)c12. The molecule has 2 aliphatic heterocycles. The molecule has 0 bridgehead atoms. The van der Waals surface area contributed by atoms with Crippen molar-refractivity contribution in [1.29, 1.82) is 0 Å². The molecular formula is C20H28FN3OS+2. The fourth-order valence-corrected chi connectivity index (χ4v) is 5.55. The number of thiophene rings is 1. The van der Waals surface area contributed by atoms with E-state index in [1.165, 1.54) is 56.4 Å². The maximum Gasteiger partial charge on any atom is 0.264 e. The Morgan fingerprint density at radius 2 is 1.77 bits per heavy atom. The normalized spacial score (nSPS) is 19.5. The minimum absolute atomic E-state index is 0.0762. The van der Waals surface area contributed by atoms with E-state index in [-0.39, 0.29) is 11.7 Å². The van der Waals surface area contributed by atoms with E-state index in [0.29, 0.717) is 10.3 Å². The Balaban J connectivity index is 1.37. The zero-order chi connectivity index (χ0) is 18.1. The van der Waals surface area contributed by atoms with Gasteiger partial charge in [0, 0.05) is 22.9 Å². The van der Waals surface area contributed by atoms with E-state index >= 15 is 0 Å². The quantitative estimate of drug-likeness (QED) is 0.792. The van der Waals surface area contributed by atoms with E-state index in [1.807, 2.05) is 17.9 Å². The molecule has 2 saturated heterocycles. The van der Waals surface area contributed by atoms with Gasteiger partial charge in [0.25, 0.3) is 5.91 Å². The van der Waals surface area contributed by atoms with Gasteiger partial charge in [-0.2, -0.15) is 0 Å². The minimum atomic E-state index is -0.228. The van der Waals surface area contributed by atoms with Gasteiger partial charge in [0.15, 0.2) is 0 Å². The van der Waals surface area contributed by atoms with E-state index in [4.69, 9.17) is 0 Å². The topological polar surface area (TPSA) is 29.2 Å². The lowest BCUT2D eigenvalue weighted by Crippen LogP contribution is -3.21. The molecule has 2 aliphatic rings. The molecule has 0 saturated carbocycles. The van der Waals surface area contributed by atoms with Gasteiger partial charge >= 0.3 is 0 Å². The first-order valence-corrected chi connectivity index (χ1v) is 10.6. The van der Waals surface area contributed by atoms with Gasteiger partial charge in [-0.3, -0.25) is 4.79 Å². The van der Waals surface area contributed by atoms with E-state index < -0.39 is 0 Å². The summed E-state index contributed by atoms with van der Waals surface area (Å²) in [5, 5.41) is 0.610. The van der Waals surface area contributed by atoms with Crippen molar-refractivity contribution < 1.29 is 19.0 Å². The molecule has 4 rings (SSSR count). The highest BCUT2D eigenvalue weighted by molar-refractivity contribution is 7.21. The average molecular weight is 378 g/mol. The number of carbonyl (C=O) groups excluding carboxylic acids is 1. The summed E-state index contributed by atoms with van der Waals surface area (Å²) in [5.74, 6) is -0.152. The summed E-state index contributed by atoms with van der Waals surface area (Å²) in [6.45, 7) is 10.7. The largest absolute Gasteiger partial charge is 0.330 e. The first kappa shape index (κ1) is 17.9. The molecule has 0 unspecified atom stereocenters. The molecule has 0 spiro atoms. The zero-order valence-corrected chi connectivity index (χ0v) is 16.3. The number of likely N-dealkylation sites (tertiary alicyclic amines) is 1. The van der Waals surface area contributed by atoms with E-state index in [0.717, 1.165) is 36.4 Å². The van der Waals surface area contributed by atoms with Gasteiger partial charge in [-0.15, -0.1) is 11.3 Å². The molecule has 1 aromatic carbocycles. The lowest BCUT2D eigenvalue weighted by Gasteiger charge is -2.32. The van der Waals surface area contributed by atoms with Crippen molar-refractivity contribution in [2.45, 2.75) is 19.8 Å². The van der Waals surface area contributed by atoms with Crippen molar-refractivity contribution in [3.8, 4) is 0 Å². The van der Waals surface area contributed by atoms with Crippen LogP contribution in [0.4, 0.5) is 4.39 Å². The summed E-state index contributed by atoms with van der Waals surface area (Å²) < 4.78 is 15.0. The van der Waals surface area contributed by atoms with E-state index in [2.05, 4.69) is 0 Å². The minimum Gasteiger partial charge on any atom is -0.330 e. The van der Waals surface area contributed by atoms with Gasteiger partial charge in [-0.25, -0.2) is 4.39 Å². The number of benzene rings is 1. The first-order valence-electron chi connectivity index (χ1n) is 9.77. The van der Waals surface area contributed by atoms with E-state index in [1.54, 1.807) is 15.9 Å². The molecule has 0 aliphatic carbocycles. The van der Waals surface area contributed by atoms with Crippen LogP contribution in [0.1, 0.15) is 28.1 Å². The van der Waals surface area contributed by atoms with Gasteiger partial charge in [0.2, 0.25) is 0 Å². The van der Waals surface area contributed by atoms with Crippen LogP contribution in [0.5, 0.6) is 0 Å². The maximum atomic E-state index is 14.1. The fraction of sp³-hybridized carbons (Fsp3) is 0.550. The Bertz CT molecular complexity index is 792. The van der Waals surface area contributed by atoms with Crippen LogP contribution in [0.25, 0.3) is 10.1 Å². The molecule has 1 amide bonds. The number of hydrogen-bond donors (Lipinski definition) is 2.